The van der Waals surface area contributed by atoms with Gasteiger partial charge in [0.2, 0.25) is 0 Å². The molecule has 0 spiro atoms. The number of likely N-dealkylation sites (N-methyl/N-ethyl adjacent to an activating group) is 1. The number of aryl methyl sites for hydroxylation is 2. The molecule has 0 saturated heterocycles. The summed E-state index contributed by atoms with van der Waals surface area (Å²) in [7, 11) is 3.67. The summed E-state index contributed by atoms with van der Waals surface area (Å²) in [6.45, 7) is 3.68. The third-order valence-electron chi connectivity index (χ3n) is 2.49. The molecule has 1 N–H and O–H groups in total. The van der Waals surface area contributed by atoms with E-state index in [0.717, 1.165) is 31.8 Å². The van der Waals surface area contributed by atoms with E-state index in [4.69, 9.17) is 4.74 Å². The number of nitrogens with zero attached hydrogens (tertiary/aromatic N) is 3. The quantitative estimate of drug-likeness (QED) is 0.713. The third-order valence-corrected chi connectivity index (χ3v) is 2.49. The minimum atomic E-state index is 0.386. The van der Waals surface area contributed by atoms with Gasteiger partial charge < -0.3 is 10.1 Å². The molecule has 5 heteroatoms. The van der Waals surface area contributed by atoms with Gasteiger partial charge in [-0.05, 0) is 20.4 Å². The van der Waals surface area contributed by atoms with Crippen molar-refractivity contribution in [3.8, 4) is 0 Å². The normalized spacial score (nSPS) is 13.0. The van der Waals surface area contributed by atoms with E-state index in [-0.39, 0.29) is 0 Å². The van der Waals surface area contributed by atoms with Crippen molar-refractivity contribution >= 4 is 0 Å². The molecule has 0 bridgehead atoms. The Balaban J connectivity index is 2.41. The maximum Gasteiger partial charge on any atom is 0.138 e. The van der Waals surface area contributed by atoms with Crippen LogP contribution in [0.4, 0.5) is 0 Å². The predicted octanol–water partition coefficient (Wildman–Crippen LogP) is 0.465. The average Bonchev–Trinajstić information content (AvgIpc) is 2.71. The summed E-state index contributed by atoms with van der Waals surface area (Å²) in [6, 6.07) is 0.386. The summed E-state index contributed by atoms with van der Waals surface area (Å²) < 4.78 is 7.05. The molecular formula is C10H20N4O. The van der Waals surface area contributed by atoms with Crippen LogP contribution in [0.5, 0.6) is 0 Å². The van der Waals surface area contributed by atoms with E-state index in [2.05, 4.69) is 22.3 Å². The van der Waals surface area contributed by atoms with Gasteiger partial charge in [-0.3, -0.25) is 4.68 Å². The lowest BCUT2D eigenvalue weighted by Crippen LogP contribution is -2.30. The first kappa shape index (κ1) is 12.1. The van der Waals surface area contributed by atoms with Gasteiger partial charge in [-0.1, -0.05) is 0 Å². The zero-order chi connectivity index (χ0) is 11.1. The second-order valence-corrected chi connectivity index (χ2v) is 3.47. The number of ether oxygens (including phenoxy) is 1. The van der Waals surface area contributed by atoms with E-state index in [9.17, 15) is 0 Å². The summed E-state index contributed by atoms with van der Waals surface area (Å²) >= 11 is 0. The van der Waals surface area contributed by atoms with Gasteiger partial charge in [-0.15, -0.1) is 0 Å². The van der Waals surface area contributed by atoms with Crippen molar-refractivity contribution in [1.29, 1.82) is 0 Å². The standard InChI is InChI=1S/C10H20N4O/c1-4-14-10(12-8-13-14)6-5-9(11-2)7-15-3/h8-9,11H,4-7H2,1-3H3. The van der Waals surface area contributed by atoms with Gasteiger partial charge in [-0.2, -0.15) is 5.10 Å². The Morgan fingerprint density at radius 2 is 2.40 bits per heavy atom. The predicted molar refractivity (Wildman–Crippen MR) is 58.7 cm³/mol. The van der Waals surface area contributed by atoms with Crippen molar-refractivity contribution in [3.63, 3.8) is 0 Å². The first-order valence-electron chi connectivity index (χ1n) is 5.34. The summed E-state index contributed by atoms with van der Waals surface area (Å²) in [6.07, 6.45) is 3.56. The van der Waals surface area contributed by atoms with Crippen LogP contribution in [0.25, 0.3) is 0 Å². The zero-order valence-corrected chi connectivity index (χ0v) is 9.73. The Kier molecular flexibility index (Phi) is 5.28. The van der Waals surface area contributed by atoms with Gasteiger partial charge in [0.15, 0.2) is 0 Å². The molecule has 0 saturated carbocycles. The van der Waals surface area contributed by atoms with Crippen LogP contribution in [0.3, 0.4) is 0 Å². The van der Waals surface area contributed by atoms with E-state index >= 15 is 0 Å². The molecule has 0 fully saturated rings. The summed E-state index contributed by atoms with van der Waals surface area (Å²) in [4.78, 5) is 4.24. The fourth-order valence-corrected chi connectivity index (χ4v) is 1.56. The van der Waals surface area contributed by atoms with Crippen LogP contribution in [-0.4, -0.2) is 41.6 Å². The fraction of sp³-hybridized carbons (Fsp3) is 0.800. The number of nitrogens with one attached hydrogen (secondary N) is 1. The highest BCUT2D eigenvalue weighted by molar-refractivity contribution is 4.86. The van der Waals surface area contributed by atoms with Gasteiger partial charge in [0, 0.05) is 26.1 Å². The number of hydrogen-bond acceptors (Lipinski definition) is 4. The van der Waals surface area contributed by atoms with Crippen LogP contribution in [-0.2, 0) is 17.7 Å². The molecule has 15 heavy (non-hydrogen) atoms. The van der Waals surface area contributed by atoms with E-state index < -0.39 is 0 Å². The van der Waals surface area contributed by atoms with Crippen molar-refractivity contribution in [1.82, 2.24) is 20.1 Å². The molecule has 1 rings (SSSR count). The lowest BCUT2D eigenvalue weighted by molar-refractivity contribution is 0.165. The monoisotopic (exact) mass is 212 g/mol. The SMILES string of the molecule is CCn1ncnc1CCC(COC)NC. The van der Waals surface area contributed by atoms with E-state index in [1.165, 1.54) is 0 Å². The van der Waals surface area contributed by atoms with Gasteiger partial charge in [0.25, 0.3) is 0 Å². The number of rotatable bonds is 7. The van der Waals surface area contributed by atoms with Crippen molar-refractivity contribution < 1.29 is 4.74 Å². The number of hydrogen-bond donors (Lipinski definition) is 1. The largest absolute Gasteiger partial charge is 0.383 e. The van der Waals surface area contributed by atoms with Crippen molar-refractivity contribution in [2.24, 2.45) is 0 Å². The van der Waals surface area contributed by atoms with Crippen LogP contribution in [0.2, 0.25) is 0 Å². The molecule has 0 aliphatic heterocycles. The van der Waals surface area contributed by atoms with E-state index in [0.29, 0.717) is 6.04 Å². The molecule has 5 nitrogen and oxygen atoms in total. The molecule has 1 atom stereocenters. The first-order valence-corrected chi connectivity index (χ1v) is 5.34. The third kappa shape index (κ3) is 3.60. The van der Waals surface area contributed by atoms with Crippen LogP contribution >= 0.6 is 0 Å². The maximum absolute atomic E-state index is 5.12. The van der Waals surface area contributed by atoms with Crippen molar-refractivity contribution in [2.75, 3.05) is 20.8 Å². The summed E-state index contributed by atoms with van der Waals surface area (Å²) in [5.41, 5.74) is 0. The van der Waals surface area contributed by atoms with Crippen LogP contribution in [0, 0.1) is 0 Å². The van der Waals surface area contributed by atoms with Gasteiger partial charge in [0.05, 0.1) is 6.61 Å². The van der Waals surface area contributed by atoms with Crippen LogP contribution < -0.4 is 5.32 Å². The molecule has 1 unspecified atom stereocenters. The van der Waals surface area contributed by atoms with Gasteiger partial charge in [0.1, 0.15) is 12.2 Å². The summed E-state index contributed by atoms with van der Waals surface area (Å²) in [5.74, 6) is 1.05. The van der Waals surface area contributed by atoms with Crippen LogP contribution in [0.1, 0.15) is 19.2 Å². The zero-order valence-electron chi connectivity index (χ0n) is 9.73. The fourth-order valence-electron chi connectivity index (χ4n) is 1.56. The highest BCUT2D eigenvalue weighted by atomic mass is 16.5. The molecule has 86 valence electrons. The van der Waals surface area contributed by atoms with Crippen molar-refractivity contribution in [2.45, 2.75) is 32.4 Å². The Bertz CT molecular complexity index is 274. The molecule has 0 amide bonds. The highest BCUT2D eigenvalue weighted by Gasteiger charge is 2.08. The van der Waals surface area contributed by atoms with Gasteiger partial charge in [-0.25, -0.2) is 4.98 Å². The lowest BCUT2D eigenvalue weighted by Gasteiger charge is -2.14. The molecule has 1 aromatic heterocycles. The molecular weight excluding hydrogens is 192 g/mol. The molecule has 0 aliphatic carbocycles. The lowest BCUT2D eigenvalue weighted by atomic mass is 10.1. The Hall–Kier alpha value is -0.940. The Morgan fingerprint density at radius 3 is 3.00 bits per heavy atom. The second kappa shape index (κ2) is 6.53. The molecule has 0 aromatic carbocycles. The molecule has 0 radical (unpaired) electrons. The minimum absolute atomic E-state index is 0.386. The topological polar surface area (TPSA) is 52.0 Å². The smallest absolute Gasteiger partial charge is 0.138 e. The van der Waals surface area contributed by atoms with Crippen molar-refractivity contribution in [3.05, 3.63) is 12.2 Å². The number of methoxy groups -OCH3 is 1. The first-order chi connectivity index (χ1) is 7.31. The molecule has 1 aromatic rings. The maximum atomic E-state index is 5.12. The average molecular weight is 212 g/mol. The molecule has 0 aliphatic rings. The van der Waals surface area contributed by atoms with E-state index in [1.807, 2.05) is 11.7 Å². The molecule has 1 heterocycles. The number of aromatic nitrogens is 3. The second-order valence-electron chi connectivity index (χ2n) is 3.47. The van der Waals surface area contributed by atoms with E-state index in [1.54, 1.807) is 13.4 Å². The highest BCUT2D eigenvalue weighted by Crippen LogP contribution is 2.02. The minimum Gasteiger partial charge on any atom is -0.383 e. The van der Waals surface area contributed by atoms with Crippen LogP contribution in [0.15, 0.2) is 6.33 Å². The van der Waals surface area contributed by atoms with Gasteiger partial charge >= 0.3 is 0 Å². The Morgan fingerprint density at radius 1 is 1.60 bits per heavy atom. The summed E-state index contributed by atoms with van der Waals surface area (Å²) in [5, 5.41) is 7.36. The Labute approximate surface area is 90.8 Å².